The molecule has 0 aromatic rings. The average Bonchev–Trinajstić information content (AvgIpc) is 1.61. The molecule has 3 heteroatoms. The summed E-state index contributed by atoms with van der Waals surface area (Å²) in [5.74, 6) is -0.171. The third-order valence-electron chi connectivity index (χ3n) is 0.509. The van der Waals surface area contributed by atoms with E-state index in [-0.39, 0.29) is 5.97 Å². The van der Waals surface area contributed by atoms with Gasteiger partial charge in [-0.15, -0.1) is 0 Å². The van der Waals surface area contributed by atoms with Gasteiger partial charge in [0.1, 0.15) is 0 Å². The Kier molecular flexibility index (Phi) is 3.69. The molecule has 0 bridgehead atoms. The second kappa shape index (κ2) is 3.86. The van der Waals surface area contributed by atoms with E-state index in [9.17, 15) is 4.79 Å². The highest BCUT2D eigenvalue weighted by Gasteiger charge is 1.85. The van der Waals surface area contributed by atoms with Gasteiger partial charge in [-0.05, 0) is 6.04 Å². The van der Waals surface area contributed by atoms with E-state index >= 15 is 0 Å². The molecule has 42 valence electrons. The van der Waals surface area contributed by atoms with Crippen LogP contribution in [0.25, 0.3) is 0 Å². The molecule has 0 aliphatic rings. The van der Waals surface area contributed by atoms with E-state index in [1.165, 1.54) is 6.92 Å². The van der Waals surface area contributed by atoms with E-state index in [0.29, 0.717) is 6.61 Å². The highest BCUT2D eigenvalue weighted by Crippen LogP contribution is 1.76. The van der Waals surface area contributed by atoms with Crippen molar-refractivity contribution >= 4 is 16.2 Å². The van der Waals surface area contributed by atoms with Crippen LogP contribution >= 0.6 is 0 Å². The first kappa shape index (κ1) is 6.69. The number of esters is 1. The number of hydrogen-bond donors (Lipinski definition) is 0. The van der Waals surface area contributed by atoms with Crippen LogP contribution in [0.15, 0.2) is 0 Å². The lowest BCUT2D eigenvalue weighted by Gasteiger charge is -1.93. The number of carbonyl (C=O) groups is 1. The summed E-state index contributed by atoms with van der Waals surface area (Å²) in [6.07, 6.45) is 0. The molecule has 0 aromatic heterocycles. The van der Waals surface area contributed by atoms with Crippen LogP contribution in [0.2, 0.25) is 6.04 Å². The summed E-state index contributed by atoms with van der Waals surface area (Å²) in [4.78, 5) is 10.00. The monoisotopic (exact) mass is 118 g/mol. The van der Waals surface area contributed by atoms with Gasteiger partial charge < -0.3 is 4.74 Å². The van der Waals surface area contributed by atoms with Crippen LogP contribution < -0.4 is 0 Å². The normalized spacial score (nSPS) is 8.71. The van der Waals surface area contributed by atoms with Crippen LogP contribution in [-0.4, -0.2) is 22.8 Å². The summed E-state index contributed by atoms with van der Waals surface area (Å²) in [5, 5.41) is 0. The van der Waals surface area contributed by atoms with Crippen molar-refractivity contribution in [3.05, 3.63) is 0 Å². The minimum Gasteiger partial charge on any atom is -0.466 e. The Balaban J connectivity index is 2.82. The largest absolute Gasteiger partial charge is 0.466 e. The molecular weight excluding hydrogens is 108 g/mol. The summed E-state index contributed by atoms with van der Waals surface area (Å²) in [6, 6.07) is 1.04. The molecule has 0 saturated heterocycles. The quantitative estimate of drug-likeness (QED) is 0.355. The van der Waals surface area contributed by atoms with E-state index in [0.717, 1.165) is 16.3 Å². The molecule has 0 spiro atoms. The molecule has 0 radical (unpaired) electrons. The van der Waals surface area contributed by atoms with Crippen molar-refractivity contribution in [3.8, 4) is 0 Å². The molecule has 0 N–H and O–H groups in total. The molecule has 0 aliphatic carbocycles. The Morgan fingerprint density at radius 1 is 1.86 bits per heavy atom. The average molecular weight is 118 g/mol. The van der Waals surface area contributed by atoms with E-state index in [1.807, 2.05) is 0 Å². The molecule has 0 rings (SSSR count). The minimum atomic E-state index is -0.171. The van der Waals surface area contributed by atoms with Crippen molar-refractivity contribution in [2.75, 3.05) is 6.61 Å². The molecule has 0 unspecified atom stereocenters. The first-order chi connectivity index (χ1) is 3.27. The van der Waals surface area contributed by atoms with Gasteiger partial charge in [0.05, 0.1) is 6.61 Å². The molecular formula is C4H10O2Si. The van der Waals surface area contributed by atoms with Crippen molar-refractivity contribution in [1.82, 2.24) is 0 Å². The van der Waals surface area contributed by atoms with Crippen molar-refractivity contribution in [3.63, 3.8) is 0 Å². The third kappa shape index (κ3) is 5.69. The summed E-state index contributed by atoms with van der Waals surface area (Å²) in [6.45, 7) is 2.04. The van der Waals surface area contributed by atoms with Crippen molar-refractivity contribution in [1.29, 1.82) is 0 Å². The number of rotatable bonds is 2. The SMILES string of the molecule is CC(=O)OCC[SiH3]. The fraction of sp³-hybridized carbons (Fsp3) is 0.750. The topological polar surface area (TPSA) is 26.3 Å². The maximum absolute atomic E-state index is 10.00. The van der Waals surface area contributed by atoms with Gasteiger partial charge in [-0.2, -0.15) is 0 Å². The van der Waals surface area contributed by atoms with Crippen LogP contribution in [0.5, 0.6) is 0 Å². The standard InChI is InChI=1S/C4H10O2Si/c1-4(5)6-2-3-7/h2-3H2,1,7H3. The Labute approximate surface area is 46.3 Å². The Morgan fingerprint density at radius 2 is 2.43 bits per heavy atom. The Bertz CT molecular complexity index is 62.7. The smallest absolute Gasteiger partial charge is 0.302 e. The van der Waals surface area contributed by atoms with Crippen molar-refractivity contribution in [2.24, 2.45) is 0 Å². The van der Waals surface area contributed by atoms with Gasteiger partial charge in [0.2, 0.25) is 0 Å². The predicted octanol–water partition coefficient (Wildman–Crippen LogP) is -0.667. The fourth-order valence-corrected chi connectivity index (χ4v) is 0.450. The predicted molar refractivity (Wildman–Crippen MR) is 31.4 cm³/mol. The number of carbonyl (C=O) groups excluding carboxylic acids is 1. The van der Waals surface area contributed by atoms with E-state index < -0.39 is 0 Å². The van der Waals surface area contributed by atoms with E-state index in [4.69, 9.17) is 0 Å². The van der Waals surface area contributed by atoms with Crippen LogP contribution in [0, 0.1) is 0 Å². The van der Waals surface area contributed by atoms with Gasteiger partial charge in [0.15, 0.2) is 0 Å². The van der Waals surface area contributed by atoms with E-state index in [1.54, 1.807) is 0 Å². The Morgan fingerprint density at radius 3 is 2.57 bits per heavy atom. The summed E-state index contributed by atoms with van der Waals surface area (Å²) in [5.41, 5.74) is 0. The highest BCUT2D eigenvalue weighted by molar-refractivity contribution is 6.08. The zero-order valence-electron chi connectivity index (χ0n) is 4.73. The second-order valence-corrected chi connectivity index (χ2v) is 2.34. The summed E-state index contributed by atoms with van der Waals surface area (Å²) >= 11 is 0. The number of hydrogen-bond acceptors (Lipinski definition) is 2. The maximum Gasteiger partial charge on any atom is 0.302 e. The van der Waals surface area contributed by atoms with E-state index in [2.05, 4.69) is 4.74 Å². The highest BCUT2D eigenvalue weighted by atomic mass is 28.1. The van der Waals surface area contributed by atoms with Crippen molar-refractivity contribution < 1.29 is 9.53 Å². The van der Waals surface area contributed by atoms with Crippen LogP contribution in [0.3, 0.4) is 0 Å². The first-order valence-electron chi connectivity index (χ1n) is 2.40. The lowest BCUT2D eigenvalue weighted by molar-refractivity contribution is -0.140. The first-order valence-corrected chi connectivity index (χ1v) is 3.82. The lowest BCUT2D eigenvalue weighted by atomic mass is 10.8. The molecule has 0 amide bonds. The van der Waals surface area contributed by atoms with Gasteiger partial charge in [-0.25, -0.2) is 0 Å². The Hall–Kier alpha value is -0.313. The maximum atomic E-state index is 10.00. The van der Waals surface area contributed by atoms with Gasteiger partial charge in [0.25, 0.3) is 0 Å². The molecule has 0 aliphatic heterocycles. The van der Waals surface area contributed by atoms with Crippen molar-refractivity contribution in [2.45, 2.75) is 13.0 Å². The van der Waals surface area contributed by atoms with Crippen LogP contribution in [-0.2, 0) is 9.53 Å². The van der Waals surface area contributed by atoms with Gasteiger partial charge in [0, 0.05) is 17.2 Å². The molecule has 7 heavy (non-hydrogen) atoms. The molecule has 0 atom stereocenters. The van der Waals surface area contributed by atoms with Gasteiger partial charge in [-0.3, -0.25) is 4.79 Å². The van der Waals surface area contributed by atoms with Crippen LogP contribution in [0.1, 0.15) is 6.92 Å². The summed E-state index contributed by atoms with van der Waals surface area (Å²) in [7, 11) is 1.12. The number of ether oxygens (including phenoxy) is 1. The second-order valence-electron chi connectivity index (χ2n) is 1.34. The molecule has 0 aromatic carbocycles. The third-order valence-corrected chi connectivity index (χ3v) is 0.918. The van der Waals surface area contributed by atoms with Crippen LogP contribution in [0.4, 0.5) is 0 Å². The lowest BCUT2D eigenvalue weighted by Crippen LogP contribution is -1.98. The molecule has 0 saturated carbocycles. The zero-order chi connectivity index (χ0) is 5.70. The molecule has 0 heterocycles. The minimum absolute atomic E-state index is 0.171. The zero-order valence-corrected chi connectivity index (χ0v) is 6.73. The fourth-order valence-electron chi connectivity index (χ4n) is 0.246. The summed E-state index contributed by atoms with van der Waals surface area (Å²) < 4.78 is 4.59. The molecule has 2 nitrogen and oxygen atoms in total. The van der Waals surface area contributed by atoms with Gasteiger partial charge in [-0.1, -0.05) is 0 Å². The van der Waals surface area contributed by atoms with Gasteiger partial charge >= 0.3 is 5.97 Å². The molecule has 0 fully saturated rings.